The van der Waals surface area contributed by atoms with Crippen LogP contribution in [0.25, 0.3) is 0 Å². The maximum absolute atomic E-state index is 12.4. The topological polar surface area (TPSA) is 42.8 Å². The van der Waals surface area contributed by atoms with Gasteiger partial charge >= 0.3 is 0 Å². The number of benzene rings is 2. The summed E-state index contributed by atoms with van der Waals surface area (Å²) < 4.78 is 5.67. The Bertz CT molecular complexity index is 717. The molecule has 1 atom stereocenters. The molecule has 0 bridgehead atoms. The molecule has 0 fully saturated rings. The molecule has 2 aromatic carbocycles. The molecule has 0 aliphatic carbocycles. The van der Waals surface area contributed by atoms with Crippen molar-refractivity contribution in [1.29, 1.82) is 0 Å². The summed E-state index contributed by atoms with van der Waals surface area (Å²) in [5.74, 6) is 0.927. The van der Waals surface area contributed by atoms with Crippen molar-refractivity contribution in [3.8, 4) is 5.75 Å². The molecular weight excluding hydrogens is 312 g/mol. The number of carbonyl (C=O) groups is 1. The van der Waals surface area contributed by atoms with Gasteiger partial charge in [0.05, 0.1) is 13.7 Å². The number of rotatable bonds is 7. The molecule has 2 aromatic rings. The monoisotopic (exact) mass is 341 g/mol. The quantitative estimate of drug-likeness (QED) is 0.813. The van der Waals surface area contributed by atoms with Crippen molar-refractivity contribution in [3.63, 3.8) is 0 Å². The number of hydrogen-bond donors (Lipinski definition) is 2. The Hall–Kier alpha value is -2.33. The van der Waals surface area contributed by atoms with Crippen LogP contribution in [0.5, 0.6) is 5.75 Å². The van der Waals surface area contributed by atoms with Crippen LogP contribution < -0.4 is 15.0 Å². The number of ether oxygens (including phenoxy) is 1. The van der Waals surface area contributed by atoms with E-state index in [0.717, 1.165) is 39.6 Å². The summed E-state index contributed by atoms with van der Waals surface area (Å²) in [5.41, 5.74) is 5.47. The summed E-state index contributed by atoms with van der Waals surface area (Å²) in [4.78, 5) is 13.6. The first-order chi connectivity index (χ1) is 11.9. The molecule has 0 radical (unpaired) electrons. The van der Waals surface area contributed by atoms with Crippen LogP contribution in [-0.2, 0) is 11.3 Å². The first-order valence-electron chi connectivity index (χ1n) is 8.80. The number of quaternary nitrogens is 1. The predicted octanol–water partition coefficient (Wildman–Crippen LogP) is 2.66. The van der Waals surface area contributed by atoms with Crippen LogP contribution >= 0.6 is 0 Å². The second-order valence-electron chi connectivity index (χ2n) is 6.67. The Morgan fingerprint density at radius 3 is 2.40 bits per heavy atom. The van der Waals surface area contributed by atoms with Gasteiger partial charge in [-0.05, 0) is 51.0 Å². The second-order valence-corrected chi connectivity index (χ2v) is 6.67. The van der Waals surface area contributed by atoms with Crippen LogP contribution in [0.15, 0.2) is 36.4 Å². The van der Waals surface area contributed by atoms with Gasteiger partial charge in [-0.2, -0.15) is 0 Å². The van der Waals surface area contributed by atoms with E-state index in [1.165, 1.54) is 5.56 Å². The van der Waals surface area contributed by atoms with Crippen molar-refractivity contribution in [2.45, 2.75) is 34.2 Å². The molecule has 0 saturated carbocycles. The number of para-hydroxylation sites is 1. The lowest BCUT2D eigenvalue weighted by Gasteiger charge is -2.17. The SMILES string of the molecule is CCOc1ccccc1C[NH+](C)CC(=O)Nc1c(C)cc(C)cc1C. The van der Waals surface area contributed by atoms with E-state index in [9.17, 15) is 4.79 Å². The number of aryl methyl sites for hydroxylation is 3. The molecule has 1 unspecified atom stereocenters. The average molecular weight is 341 g/mol. The third kappa shape index (κ3) is 5.33. The van der Waals surface area contributed by atoms with E-state index < -0.39 is 0 Å². The number of nitrogens with one attached hydrogen (secondary N) is 2. The van der Waals surface area contributed by atoms with Crippen molar-refractivity contribution in [2.75, 3.05) is 25.5 Å². The van der Waals surface area contributed by atoms with E-state index in [2.05, 4.69) is 30.4 Å². The van der Waals surface area contributed by atoms with Crippen molar-refractivity contribution >= 4 is 11.6 Å². The van der Waals surface area contributed by atoms with Gasteiger partial charge in [-0.1, -0.05) is 29.8 Å². The van der Waals surface area contributed by atoms with Gasteiger partial charge in [0, 0.05) is 11.3 Å². The lowest BCUT2D eigenvalue weighted by Crippen LogP contribution is -3.08. The third-order valence-corrected chi connectivity index (χ3v) is 4.17. The molecule has 4 nitrogen and oxygen atoms in total. The molecule has 1 amide bonds. The predicted molar refractivity (Wildman–Crippen MR) is 102 cm³/mol. The molecule has 25 heavy (non-hydrogen) atoms. The molecule has 2 N–H and O–H groups in total. The van der Waals surface area contributed by atoms with Crippen LogP contribution in [-0.4, -0.2) is 26.1 Å². The molecular formula is C21H29N2O2+. The maximum Gasteiger partial charge on any atom is 0.279 e. The smallest absolute Gasteiger partial charge is 0.279 e. The number of likely N-dealkylation sites (N-methyl/N-ethyl adjacent to an activating group) is 1. The lowest BCUT2D eigenvalue weighted by atomic mass is 10.1. The fourth-order valence-corrected chi connectivity index (χ4v) is 3.17. The zero-order valence-corrected chi connectivity index (χ0v) is 15.9. The molecule has 0 aliphatic rings. The first-order valence-corrected chi connectivity index (χ1v) is 8.80. The molecule has 2 rings (SSSR count). The van der Waals surface area contributed by atoms with Gasteiger partial charge in [0.15, 0.2) is 6.54 Å². The summed E-state index contributed by atoms with van der Waals surface area (Å²) in [6.07, 6.45) is 0. The molecule has 0 spiro atoms. The fraction of sp³-hybridized carbons (Fsp3) is 0.381. The normalized spacial score (nSPS) is 11.9. The van der Waals surface area contributed by atoms with E-state index in [-0.39, 0.29) is 5.91 Å². The zero-order valence-electron chi connectivity index (χ0n) is 15.9. The molecule has 0 heterocycles. The Morgan fingerprint density at radius 2 is 1.76 bits per heavy atom. The van der Waals surface area contributed by atoms with Crippen molar-refractivity contribution in [2.24, 2.45) is 0 Å². The Kier molecular flexibility index (Phi) is 6.59. The summed E-state index contributed by atoms with van der Waals surface area (Å²) in [7, 11) is 2.02. The van der Waals surface area contributed by atoms with Crippen molar-refractivity contribution < 1.29 is 14.4 Å². The largest absolute Gasteiger partial charge is 0.493 e. The number of carbonyl (C=O) groups excluding carboxylic acids is 1. The van der Waals surface area contributed by atoms with E-state index in [1.807, 2.05) is 46.0 Å². The molecule has 134 valence electrons. The van der Waals surface area contributed by atoms with E-state index in [1.54, 1.807) is 0 Å². The molecule has 0 aromatic heterocycles. The summed E-state index contributed by atoms with van der Waals surface area (Å²) in [6, 6.07) is 12.2. The number of anilines is 1. The minimum Gasteiger partial charge on any atom is -0.493 e. The summed E-state index contributed by atoms with van der Waals surface area (Å²) in [5, 5.41) is 3.07. The van der Waals surface area contributed by atoms with Crippen LogP contribution in [0.1, 0.15) is 29.2 Å². The highest BCUT2D eigenvalue weighted by Gasteiger charge is 2.15. The average Bonchev–Trinajstić information content (AvgIpc) is 2.53. The Labute approximate surface area is 150 Å². The second kappa shape index (κ2) is 8.67. The lowest BCUT2D eigenvalue weighted by molar-refractivity contribution is -0.885. The first kappa shape index (κ1) is 19.0. The standard InChI is InChI=1S/C21H28N2O2/c1-6-25-19-10-8-7-9-18(19)13-23(5)14-20(24)22-21-16(3)11-15(2)12-17(21)4/h7-12H,6,13-14H2,1-5H3,(H,22,24)/p+1. The zero-order chi connectivity index (χ0) is 18.4. The minimum absolute atomic E-state index is 0.0291. The van der Waals surface area contributed by atoms with Gasteiger partial charge in [0.2, 0.25) is 0 Å². The van der Waals surface area contributed by atoms with Gasteiger partial charge < -0.3 is 15.0 Å². The van der Waals surface area contributed by atoms with Gasteiger partial charge in [-0.3, -0.25) is 4.79 Å². The third-order valence-electron chi connectivity index (χ3n) is 4.17. The Balaban J connectivity index is 1.99. The summed E-state index contributed by atoms with van der Waals surface area (Å²) >= 11 is 0. The number of hydrogen-bond acceptors (Lipinski definition) is 2. The van der Waals surface area contributed by atoms with Crippen molar-refractivity contribution in [3.05, 3.63) is 58.7 Å². The van der Waals surface area contributed by atoms with Crippen molar-refractivity contribution in [1.82, 2.24) is 0 Å². The molecule has 0 saturated heterocycles. The van der Waals surface area contributed by atoms with E-state index in [0.29, 0.717) is 13.2 Å². The van der Waals surface area contributed by atoms with Crippen LogP contribution in [0.4, 0.5) is 5.69 Å². The Morgan fingerprint density at radius 1 is 1.12 bits per heavy atom. The van der Waals surface area contributed by atoms with Crippen LogP contribution in [0.3, 0.4) is 0 Å². The van der Waals surface area contributed by atoms with Crippen LogP contribution in [0, 0.1) is 20.8 Å². The highest BCUT2D eigenvalue weighted by Crippen LogP contribution is 2.21. The maximum atomic E-state index is 12.4. The van der Waals surface area contributed by atoms with Gasteiger partial charge in [-0.25, -0.2) is 0 Å². The van der Waals surface area contributed by atoms with Gasteiger partial charge in [0.1, 0.15) is 12.3 Å². The van der Waals surface area contributed by atoms with Crippen LogP contribution in [0.2, 0.25) is 0 Å². The molecule has 4 heteroatoms. The number of amides is 1. The molecule has 0 aliphatic heterocycles. The summed E-state index contributed by atoms with van der Waals surface area (Å²) in [6.45, 7) is 9.91. The highest BCUT2D eigenvalue weighted by molar-refractivity contribution is 5.93. The minimum atomic E-state index is 0.0291. The van der Waals surface area contributed by atoms with E-state index >= 15 is 0 Å². The highest BCUT2D eigenvalue weighted by atomic mass is 16.5. The van der Waals surface area contributed by atoms with Gasteiger partial charge in [0.25, 0.3) is 5.91 Å². The van der Waals surface area contributed by atoms with Gasteiger partial charge in [-0.15, -0.1) is 0 Å². The fourth-order valence-electron chi connectivity index (χ4n) is 3.17. The van der Waals surface area contributed by atoms with E-state index in [4.69, 9.17) is 4.74 Å².